The number of hydrogen-bond acceptors (Lipinski definition) is 10. The predicted octanol–water partition coefficient (Wildman–Crippen LogP) is 2.24. The van der Waals surface area contributed by atoms with Crippen molar-refractivity contribution in [1.29, 1.82) is 0 Å². The van der Waals surface area contributed by atoms with E-state index in [1.165, 1.54) is 23.9 Å². The molecule has 10 nitrogen and oxygen atoms in total. The zero-order chi connectivity index (χ0) is 25.2. The van der Waals surface area contributed by atoms with Crippen LogP contribution >= 0.6 is 22.9 Å². The number of hydrogen-bond donors (Lipinski definition) is 4. The number of aromatic nitrogens is 2. The molecule has 2 aromatic heterocycles. The Balaban J connectivity index is 1.47. The van der Waals surface area contributed by atoms with Crippen molar-refractivity contribution in [1.82, 2.24) is 9.97 Å². The van der Waals surface area contributed by atoms with Crippen molar-refractivity contribution in [2.75, 3.05) is 11.9 Å². The van der Waals surface area contributed by atoms with Gasteiger partial charge in [0.05, 0.1) is 29.2 Å². The minimum atomic E-state index is -4.10. The second kappa shape index (κ2) is 10.7. The van der Waals surface area contributed by atoms with E-state index in [9.17, 15) is 18.3 Å². The number of anilines is 1. The number of nitrogens with two attached hydrogens (primary N) is 2. The molecule has 0 bridgehead atoms. The highest BCUT2D eigenvalue weighted by molar-refractivity contribution is 7.84. The van der Waals surface area contributed by atoms with Gasteiger partial charge in [0, 0.05) is 23.2 Å². The average Bonchev–Trinajstić information content (AvgIpc) is 3.43. The maximum absolute atomic E-state index is 13.3. The fourth-order valence-electron chi connectivity index (χ4n) is 4.04. The number of thiophene rings is 1. The SMILES string of the molecule is NC(c1cccc(Cl)c1)c1csc(C(=O)c2cncnc2N[C@@H]2C[C@H](COS(N)(=O)=O)[C@@H](O)C2)c1. The van der Waals surface area contributed by atoms with E-state index in [0.717, 1.165) is 11.1 Å². The van der Waals surface area contributed by atoms with Gasteiger partial charge in [0.15, 0.2) is 0 Å². The number of halogens is 1. The minimum Gasteiger partial charge on any atom is -0.393 e. The van der Waals surface area contributed by atoms with Crippen LogP contribution in [0.15, 0.2) is 48.2 Å². The second-order valence-electron chi connectivity index (χ2n) is 8.31. The van der Waals surface area contributed by atoms with E-state index in [1.54, 1.807) is 18.2 Å². The summed E-state index contributed by atoms with van der Waals surface area (Å²) in [5, 5.41) is 20.7. The molecule has 186 valence electrons. The Hall–Kier alpha value is -2.45. The molecule has 2 heterocycles. The normalized spacial score (nSPS) is 21.1. The summed E-state index contributed by atoms with van der Waals surface area (Å²) >= 11 is 7.34. The van der Waals surface area contributed by atoms with Crippen LogP contribution in [0.5, 0.6) is 0 Å². The van der Waals surface area contributed by atoms with Crippen molar-refractivity contribution in [3.8, 4) is 0 Å². The summed E-state index contributed by atoms with van der Waals surface area (Å²) in [6, 6.07) is 8.30. The van der Waals surface area contributed by atoms with Crippen molar-refractivity contribution >= 4 is 44.8 Å². The number of nitrogens with one attached hydrogen (secondary N) is 1. The lowest BCUT2D eigenvalue weighted by Gasteiger charge is -2.15. The molecule has 1 fully saturated rings. The highest BCUT2D eigenvalue weighted by Crippen LogP contribution is 2.31. The summed E-state index contributed by atoms with van der Waals surface area (Å²) in [6.07, 6.45) is 2.70. The zero-order valence-corrected chi connectivity index (χ0v) is 20.8. The summed E-state index contributed by atoms with van der Waals surface area (Å²) in [7, 11) is -4.10. The molecule has 4 rings (SSSR count). The van der Waals surface area contributed by atoms with Gasteiger partial charge in [0.1, 0.15) is 12.1 Å². The topological polar surface area (TPSA) is 171 Å². The number of carbonyl (C=O) groups is 1. The van der Waals surface area contributed by atoms with E-state index in [0.29, 0.717) is 28.6 Å². The maximum atomic E-state index is 13.3. The molecule has 4 atom stereocenters. The number of rotatable bonds is 9. The van der Waals surface area contributed by atoms with Gasteiger partial charge in [-0.2, -0.15) is 8.42 Å². The highest BCUT2D eigenvalue weighted by Gasteiger charge is 2.35. The maximum Gasteiger partial charge on any atom is 0.333 e. The first kappa shape index (κ1) is 25.6. The van der Waals surface area contributed by atoms with Gasteiger partial charge in [-0.05, 0) is 47.5 Å². The Morgan fingerprint density at radius 2 is 2.11 bits per heavy atom. The summed E-state index contributed by atoms with van der Waals surface area (Å²) in [5.74, 6) is -0.376. The quantitative estimate of drug-likeness (QED) is 0.299. The molecule has 0 spiro atoms. The Morgan fingerprint density at radius 1 is 1.31 bits per heavy atom. The number of ketones is 1. The molecule has 1 aliphatic rings. The van der Waals surface area contributed by atoms with Crippen molar-refractivity contribution < 1.29 is 22.5 Å². The lowest BCUT2D eigenvalue weighted by atomic mass is 10.0. The Morgan fingerprint density at radius 3 is 2.86 bits per heavy atom. The molecule has 1 unspecified atom stereocenters. The molecular weight excluding hydrogens is 514 g/mol. The van der Waals surface area contributed by atoms with Crippen molar-refractivity contribution in [2.45, 2.75) is 31.0 Å². The second-order valence-corrected chi connectivity index (χ2v) is 10.9. The summed E-state index contributed by atoms with van der Waals surface area (Å²) in [5.41, 5.74) is 8.26. The fraction of sp³-hybridized carbons (Fsp3) is 0.318. The number of aliphatic hydroxyl groups excluding tert-OH is 1. The van der Waals surface area contributed by atoms with Gasteiger partial charge in [-0.15, -0.1) is 11.3 Å². The monoisotopic (exact) mass is 537 g/mol. The molecule has 0 radical (unpaired) electrons. The van der Waals surface area contributed by atoms with E-state index >= 15 is 0 Å². The van der Waals surface area contributed by atoms with Gasteiger partial charge in [-0.25, -0.2) is 15.1 Å². The number of aliphatic hydroxyl groups is 1. The minimum absolute atomic E-state index is 0.224. The van der Waals surface area contributed by atoms with Crippen molar-refractivity contribution in [2.24, 2.45) is 16.8 Å². The van der Waals surface area contributed by atoms with Crippen LogP contribution in [0.25, 0.3) is 0 Å². The molecule has 0 saturated heterocycles. The Bertz CT molecular complexity index is 1320. The summed E-state index contributed by atoms with van der Waals surface area (Å²) in [4.78, 5) is 22.0. The first-order valence-corrected chi connectivity index (χ1v) is 13.4. The van der Waals surface area contributed by atoms with Crippen molar-refractivity contribution in [3.63, 3.8) is 0 Å². The van der Waals surface area contributed by atoms with E-state index in [4.69, 9.17) is 22.5 Å². The molecule has 0 aliphatic heterocycles. The summed E-state index contributed by atoms with van der Waals surface area (Å²) < 4.78 is 26.7. The largest absolute Gasteiger partial charge is 0.393 e. The van der Waals surface area contributed by atoms with Crippen molar-refractivity contribution in [3.05, 3.63) is 74.8 Å². The van der Waals surface area contributed by atoms with E-state index in [1.807, 2.05) is 17.5 Å². The Kier molecular flexibility index (Phi) is 7.81. The smallest absolute Gasteiger partial charge is 0.333 e. The highest BCUT2D eigenvalue weighted by atomic mass is 35.5. The molecule has 1 aliphatic carbocycles. The lowest BCUT2D eigenvalue weighted by molar-refractivity contribution is 0.101. The standard InChI is InChI=1S/C22H24ClN5O5S2/c23-15-3-1-2-12(4-15)20(24)14-6-19(34-10-14)21(30)17-8-26-11-27-22(17)28-16-5-13(18(29)7-16)9-33-35(25,31)32/h1-4,6,8,10-11,13,16,18,20,29H,5,7,9,24H2,(H2,25,31,32)(H,26,27,28)/t13-,16-,18+,20?/m1/s1. The number of benzene rings is 1. The zero-order valence-electron chi connectivity index (χ0n) is 18.4. The van der Waals surface area contributed by atoms with Crippen LogP contribution in [-0.4, -0.2) is 48.0 Å². The molecule has 3 aromatic rings. The van der Waals surface area contributed by atoms with Gasteiger partial charge in [0.25, 0.3) is 0 Å². The molecule has 35 heavy (non-hydrogen) atoms. The third kappa shape index (κ3) is 6.41. The molecule has 6 N–H and O–H groups in total. The van der Waals surface area contributed by atoms with Gasteiger partial charge >= 0.3 is 10.3 Å². The van der Waals surface area contributed by atoms with Gasteiger partial charge in [-0.1, -0.05) is 23.7 Å². The number of nitrogens with zero attached hydrogens (tertiary/aromatic N) is 2. The van der Waals surface area contributed by atoms with Crippen LogP contribution < -0.4 is 16.2 Å². The third-order valence-corrected chi connectivity index (χ3v) is 7.46. The van der Waals surface area contributed by atoms with E-state index in [2.05, 4.69) is 19.5 Å². The van der Waals surface area contributed by atoms with Crippen LogP contribution in [-0.2, 0) is 14.5 Å². The number of carbonyl (C=O) groups excluding carboxylic acids is 1. The molecule has 1 saturated carbocycles. The van der Waals surface area contributed by atoms with Gasteiger partial charge < -0.3 is 16.2 Å². The average molecular weight is 538 g/mol. The molecular formula is C22H24ClN5O5S2. The van der Waals surface area contributed by atoms with Crippen LogP contribution in [0.3, 0.4) is 0 Å². The van der Waals surface area contributed by atoms with Crippen LogP contribution in [0.2, 0.25) is 5.02 Å². The van der Waals surface area contributed by atoms with E-state index in [-0.39, 0.29) is 24.0 Å². The molecule has 1 aromatic carbocycles. The van der Waals surface area contributed by atoms with Crippen LogP contribution in [0, 0.1) is 5.92 Å². The Labute approximate surface area is 211 Å². The lowest BCUT2D eigenvalue weighted by Crippen LogP contribution is -2.24. The summed E-state index contributed by atoms with van der Waals surface area (Å²) in [6.45, 7) is -0.224. The van der Waals surface area contributed by atoms with Gasteiger partial charge in [-0.3, -0.25) is 8.98 Å². The van der Waals surface area contributed by atoms with Crippen LogP contribution in [0.4, 0.5) is 5.82 Å². The molecule has 13 heteroatoms. The van der Waals surface area contributed by atoms with Gasteiger partial charge in [0.2, 0.25) is 5.78 Å². The first-order chi connectivity index (χ1) is 16.6. The first-order valence-electron chi connectivity index (χ1n) is 10.7. The fourth-order valence-corrected chi connectivity index (χ4v) is 5.51. The van der Waals surface area contributed by atoms with Crippen LogP contribution in [0.1, 0.15) is 45.2 Å². The molecule has 0 amide bonds. The third-order valence-electron chi connectivity index (χ3n) is 5.81. The van der Waals surface area contributed by atoms with E-state index < -0.39 is 28.4 Å². The predicted molar refractivity (Wildman–Crippen MR) is 132 cm³/mol.